The molecule has 10 nitrogen and oxygen atoms in total. The monoisotopic (exact) mass is 512 g/mol. The summed E-state index contributed by atoms with van der Waals surface area (Å²) in [6.07, 6.45) is -0.881. The second-order valence-electron chi connectivity index (χ2n) is 9.75. The lowest BCUT2D eigenvalue weighted by Crippen LogP contribution is -2.56. The van der Waals surface area contributed by atoms with Gasteiger partial charge in [-0.2, -0.15) is 0 Å². The van der Waals surface area contributed by atoms with E-state index in [9.17, 15) is 9.59 Å². The lowest BCUT2D eigenvalue weighted by Gasteiger charge is -2.39. The molecule has 11 heteroatoms. The molecular formula is C25H29ClN6O4. The Labute approximate surface area is 215 Å². The van der Waals surface area contributed by atoms with E-state index < -0.39 is 17.8 Å². The van der Waals surface area contributed by atoms with Crippen molar-refractivity contribution in [2.45, 2.75) is 52.1 Å². The van der Waals surface area contributed by atoms with Gasteiger partial charge in [0.25, 0.3) is 0 Å². The summed E-state index contributed by atoms with van der Waals surface area (Å²) < 4.78 is 11.0. The summed E-state index contributed by atoms with van der Waals surface area (Å²) >= 11 is 6.24. The summed E-state index contributed by atoms with van der Waals surface area (Å²) in [6.45, 7) is 14.9. The molecular weight excluding hydrogens is 484 g/mol. The van der Waals surface area contributed by atoms with E-state index in [2.05, 4.69) is 14.8 Å². The van der Waals surface area contributed by atoms with E-state index in [1.54, 1.807) is 9.80 Å². The van der Waals surface area contributed by atoms with Gasteiger partial charge in [0.15, 0.2) is 0 Å². The Kier molecular flexibility index (Phi) is 7.50. The van der Waals surface area contributed by atoms with Crippen LogP contribution in [-0.2, 0) is 29.2 Å². The van der Waals surface area contributed by atoms with Crippen LogP contribution in [0.15, 0.2) is 30.3 Å². The Balaban J connectivity index is 1.47. The van der Waals surface area contributed by atoms with Crippen molar-refractivity contribution in [3.8, 4) is 0 Å². The maximum atomic E-state index is 12.9. The second kappa shape index (κ2) is 10.6. The fourth-order valence-electron chi connectivity index (χ4n) is 4.28. The van der Waals surface area contributed by atoms with Crippen LogP contribution in [0.25, 0.3) is 4.85 Å². The molecule has 1 aromatic heterocycles. The minimum absolute atomic E-state index is 0.0845. The predicted molar refractivity (Wildman–Crippen MR) is 133 cm³/mol. The van der Waals surface area contributed by atoms with Crippen molar-refractivity contribution in [3.05, 3.63) is 63.9 Å². The number of carbonyl (C=O) groups excluding carboxylic acids is 2. The first-order chi connectivity index (χ1) is 17.1. The lowest BCUT2D eigenvalue weighted by atomic mass is 10.1. The van der Waals surface area contributed by atoms with Gasteiger partial charge in [-0.25, -0.2) is 26.1 Å². The van der Waals surface area contributed by atoms with Gasteiger partial charge in [-0.15, -0.1) is 0 Å². The molecule has 1 fully saturated rings. The molecule has 0 bridgehead atoms. The first-order valence-electron chi connectivity index (χ1n) is 11.7. The molecule has 4 rings (SSSR count). The average Bonchev–Trinajstić information content (AvgIpc) is 3.26. The smallest absolute Gasteiger partial charge is 0.410 e. The maximum Gasteiger partial charge on any atom is 0.410 e. The first-order valence-corrected chi connectivity index (χ1v) is 12.1. The number of aromatic nitrogens is 2. The van der Waals surface area contributed by atoms with E-state index in [0.717, 1.165) is 11.1 Å². The zero-order valence-electron chi connectivity index (χ0n) is 20.6. The Bertz CT molecular complexity index is 1160. The molecule has 1 aromatic carbocycles. The first kappa shape index (κ1) is 25.5. The highest BCUT2D eigenvalue weighted by molar-refractivity contribution is 6.28. The topological polar surface area (TPSA) is 92.5 Å². The molecule has 2 amide bonds. The molecule has 0 radical (unpaired) electrons. The SMILES string of the molecule is [C-]#[N+]C[C@H]1CN(c2nc(Cl)nc3c2CN(C(=O)OC(C)(C)C)C3)CCN1C(=O)OCc1ccccc1. The van der Waals surface area contributed by atoms with E-state index >= 15 is 0 Å². The number of halogens is 1. The minimum Gasteiger partial charge on any atom is -0.445 e. The van der Waals surface area contributed by atoms with Gasteiger partial charge in [0.1, 0.15) is 24.1 Å². The third-order valence-corrected chi connectivity index (χ3v) is 6.08. The molecule has 3 heterocycles. The normalized spacial score (nSPS) is 17.4. The van der Waals surface area contributed by atoms with Gasteiger partial charge in [0, 0.05) is 25.2 Å². The highest BCUT2D eigenvalue weighted by atomic mass is 35.5. The molecule has 190 valence electrons. The van der Waals surface area contributed by atoms with E-state index in [1.165, 1.54) is 0 Å². The number of hydrogen-bond donors (Lipinski definition) is 0. The number of anilines is 1. The summed E-state index contributed by atoms with van der Waals surface area (Å²) in [5, 5.41) is 0.0845. The third-order valence-electron chi connectivity index (χ3n) is 5.91. The minimum atomic E-state index is -0.615. The number of fused-ring (bicyclic) bond motifs is 1. The number of ether oxygens (including phenoxy) is 2. The summed E-state index contributed by atoms with van der Waals surface area (Å²) in [5.74, 6) is 0.614. The van der Waals surface area contributed by atoms with Crippen LogP contribution in [0.4, 0.5) is 15.4 Å². The molecule has 2 aromatic rings. The van der Waals surface area contributed by atoms with Crippen molar-refractivity contribution in [1.29, 1.82) is 0 Å². The van der Waals surface area contributed by atoms with Crippen LogP contribution in [0, 0.1) is 6.57 Å². The van der Waals surface area contributed by atoms with E-state index in [-0.39, 0.29) is 31.0 Å². The standard InChI is InChI=1S/C25H29ClN6O4/c1-25(2,3)36-23(33)31-14-19-20(15-31)28-22(26)29-21(19)30-10-11-32(18(13-30)12-27-4)24(34)35-16-17-8-6-5-7-9-17/h5-9,18H,10-16H2,1-3H3/t18-/m0/s1. The van der Waals surface area contributed by atoms with Crippen molar-refractivity contribution in [2.24, 2.45) is 0 Å². The number of benzene rings is 1. The number of amides is 2. The highest BCUT2D eigenvalue weighted by Gasteiger charge is 2.37. The molecule has 1 atom stereocenters. The Hall–Kier alpha value is -3.58. The largest absolute Gasteiger partial charge is 0.445 e. The Morgan fingerprint density at radius 1 is 1.14 bits per heavy atom. The zero-order chi connectivity index (χ0) is 25.9. The van der Waals surface area contributed by atoms with Gasteiger partial charge in [-0.1, -0.05) is 30.3 Å². The molecule has 0 N–H and O–H groups in total. The second-order valence-corrected chi connectivity index (χ2v) is 10.1. The number of hydrogen-bond acceptors (Lipinski definition) is 7. The number of rotatable bonds is 4. The predicted octanol–water partition coefficient (Wildman–Crippen LogP) is 4.13. The van der Waals surface area contributed by atoms with Crippen molar-refractivity contribution in [1.82, 2.24) is 19.8 Å². The molecule has 2 aliphatic rings. The van der Waals surface area contributed by atoms with Crippen molar-refractivity contribution in [2.75, 3.05) is 31.1 Å². The highest BCUT2D eigenvalue weighted by Crippen LogP contribution is 2.32. The van der Waals surface area contributed by atoms with Crippen LogP contribution in [-0.4, -0.2) is 69.8 Å². The fourth-order valence-corrected chi connectivity index (χ4v) is 4.46. The molecule has 0 aliphatic carbocycles. The fraction of sp³-hybridized carbons (Fsp3) is 0.480. The molecule has 1 saturated heterocycles. The number of carbonyl (C=O) groups is 2. The van der Waals surface area contributed by atoms with Crippen molar-refractivity contribution >= 4 is 29.6 Å². The maximum absolute atomic E-state index is 12.9. The van der Waals surface area contributed by atoms with Crippen LogP contribution in [0.3, 0.4) is 0 Å². The number of nitrogens with zero attached hydrogens (tertiary/aromatic N) is 6. The molecule has 0 spiro atoms. The van der Waals surface area contributed by atoms with Crippen LogP contribution >= 0.6 is 11.6 Å². The van der Waals surface area contributed by atoms with Crippen LogP contribution < -0.4 is 4.90 Å². The summed E-state index contributed by atoms with van der Waals surface area (Å²) in [4.78, 5) is 43.0. The van der Waals surface area contributed by atoms with Gasteiger partial charge in [0.2, 0.25) is 11.8 Å². The van der Waals surface area contributed by atoms with E-state index in [1.807, 2.05) is 56.0 Å². The molecule has 36 heavy (non-hydrogen) atoms. The van der Waals surface area contributed by atoms with Gasteiger partial charge in [-0.05, 0) is 37.9 Å². The van der Waals surface area contributed by atoms with Crippen LogP contribution in [0.2, 0.25) is 5.28 Å². The van der Waals surface area contributed by atoms with Crippen molar-refractivity contribution < 1.29 is 19.1 Å². The Morgan fingerprint density at radius 3 is 2.58 bits per heavy atom. The lowest BCUT2D eigenvalue weighted by molar-refractivity contribution is 0.0240. The molecule has 2 aliphatic heterocycles. The quantitative estimate of drug-likeness (QED) is 0.449. The summed E-state index contributed by atoms with van der Waals surface area (Å²) in [5.41, 5.74) is 1.75. The average molecular weight is 513 g/mol. The molecule has 0 saturated carbocycles. The van der Waals surface area contributed by atoms with Gasteiger partial charge < -0.3 is 19.2 Å². The van der Waals surface area contributed by atoms with Gasteiger partial charge in [-0.3, -0.25) is 9.80 Å². The number of piperazine rings is 1. The van der Waals surface area contributed by atoms with E-state index in [4.69, 9.17) is 27.6 Å². The zero-order valence-corrected chi connectivity index (χ0v) is 21.4. The van der Waals surface area contributed by atoms with Crippen LogP contribution in [0.5, 0.6) is 0 Å². The van der Waals surface area contributed by atoms with Gasteiger partial charge in [0.05, 0.1) is 18.8 Å². The Morgan fingerprint density at radius 2 is 1.89 bits per heavy atom. The van der Waals surface area contributed by atoms with Crippen LogP contribution in [0.1, 0.15) is 37.6 Å². The molecule has 0 unspecified atom stereocenters. The van der Waals surface area contributed by atoms with E-state index in [0.29, 0.717) is 37.7 Å². The third kappa shape index (κ3) is 5.97. The summed E-state index contributed by atoms with van der Waals surface area (Å²) in [6, 6.07) is 9.08. The summed E-state index contributed by atoms with van der Waals surface area (Å²) in [7, 11) is 0. The van der Waals surface area contributed by atoms with Gasteiger partial charge >= 0.3 is 12.2 Å². The van der Waals surface area contributed by atoms with Crippen molar-refractivity contribution in [3.63, 3.8) is 0 Å².